The summed E-state index contributed by atoms with van der Waals surface area (Å²) in [7, 11) is 0. The first kappa shape index (κ1) is 19.1. The second kappa shape index (κ2) is 7.53. The molecule has 2 aliphatic heterocycles. The number of carbonyl (C=O) groups is 1. The van der Waals surface area contributed by atoms with Crippen molar-refractivity contribution in [1.82, 2.24) is 15.0 Å². The summed E-state index contributed by atoms with van der Waals surface area (Å²) in [6, 6.07) is 13.4. The number of hydrogen-bond acceptors (Lipinski definition) is 5. The zero-order valence-corrected chi connectivity index (χ0v) is 17.8. The van der Waals surface area contributed by atoms with Crippen molar-refractivity contribution in [2.24, 2.45) is 0 Å². The van der Waals surface area contributed by atoms with E-state index in [2.05, 4.69) is 15.3 Å². The first-order chi connectivity index (χ1) is 15.6. The van der Waals surface area contributed by atoms with Crippen LogP contribution in [0.15, 0.2) is 48.7 Å². The Morgan fingerprint density at radius 1 is 1.16 bits per heavy atom. The van der Waals surface area contributed by atoms with Gasteiger partial charge in [0.2, 0.25) is 5.91 Å². The molecular formula is C24H19ClN4O3. The lowest BCUT2D eigenvalue weighted by atomic mass is 9.96. The lowest BCUT2D eigenvalue weighted by Crippen LogP contribution is -2.20. The van der Waals surface area contributed by atoms with Crippen LogP contribution in [-0.2, 0) is 17.6 Å². The van der Waals surface area contributed by atoms with Gasteiger partial charge in [-0.05, 0) is 54.8 Å². The maximum absolute atomic E-state index is 11.7. The van der Waals surface area contributed by atoms with E-state index in [1.807, 2.05) is 42.5 Å². The van der Waals surface area contributed by atoms with Gasteiger partial charge in [0.1, 0.15) is 34.4 Å². The third-order valence-electron chi connectivity index (χ3n) is 5.91. The molecule has 0 radical (unpaired) electrons. The Kier molecular flexibility index (Phi) is 4.50. The Labute approximate surface area is 188 Å². The average Bonchev–Trinajstić information content (AvgIpc) is 3.24. The molecule has 2 aromatic heterocycles. The number of benzene rings is 2. The van der Waals surface area contributed by atoms with Gasteiger partial charge in [0, 0.05) is 18.2 Å². The summed E-state index contributed by atoms with van der Waals surface area (Å²) in [4.78, 5) is 24.0. The number of imidazole rings is 1. The number of para-hydroxylation sites is 1. The third-order valence-corrected chi connectivity index (χ3v) is 6.21. The van der Waals surface area contributed by atoms with E-state index in [4.69, 9.17) is 26.1 Å². The zero-order valence-electron chi connectivity index (χ0n) is 17.0. The summed E-state index contributed by atoms with van der Waals surface area (Å²) < 4.78 is 12.2. The van der Waals surface area contributed by atoms with E-state index in [-0.39, 0.29) is 11.8 Å². The summed E-state index contributed by atoms with van der Waals surface area (Å²) in [5.41, 5.74) is 3.67. The molecule has 160 valence electrons. The second-order valence-corrected chi connectivity index (χ2v) is 8.43. The molecule has 1 unspecified atom stereocenters. The summed E-state index contributed by atoms with van der Waals surface area (Å²) in [5, 5.41) is 3.44. The summed E-state index contributed by atoms with van der Waals surface area (Å²) in [5.74, 6) is 3.77. The van der Waals surface area contributed by atoms with Crippen LogP contribution in [0.3, 0.4) is 0 Å². The van der Waals surface area contributed by atoms with Crippen LogP contribution in [0.5, 0.6) is 17.2 Å². The molecule has 0 bridgehead atoms. The summed E-state index contributed by atoms with van der Waals surface area (Å²) >= 11 is 6.29. The Bertz CT molecular complexity index is 1370. The summed E-state index contributed by atoms with van der Waals surface area (Å²) in [6.45, 7) is 0.544. The normalized spacial score (nSPS) is 17.3. The fourth-order valence-electron chi connectivity index (χ4n) is 4.30. The number of nitrogens with zero attached hydrogens (tertiary/aromatic N) is 2. The molecule has 0 saturated heterocycles. The highest BCUT2D eigenvalue weighted by Crippen LogP contribution is 2.38. The van der Waals surface area contributed by atoms with Crippen LogP contribution in [-0.4, -0.2) is 27.5 Å². The minimum atomic E-state index is -0.0222. The number of aromatic nitrogens is 3. The van der Waals surface area contributed by atoms with Crippen molar-refractivity contribution in [3.05, 3.63) is 70.6 Å². The van der Waals surface area contributed by atoms with Gasteiger partial charge >= 0.3 is 0 Å². The molecule has 0 saturated carbocycles. The molecule has 2 N–H and O–H groups in total. The number of amides is 1. The van der Waals surface area contributed by atoms with Gasteiger partial charge in [-0.25, -0.2) is 9.97 Å². The molecule has 4 aromatic rings. The molecule has 0 aliphatic carbocycles. The summed E-state index contributed by atoms with van der Waals surface area (Å²) in [6.07, 6.45) is 3.45. The molecule has 1 amide bonds. The zero-order chi connectivity index (χ0) is 21.7. The second-order valence-electron chi connectivity index (χ2n) is 8.03. The molecule has 32 heavy (non-hydrogen) atoms. The number of rotatable bonds is 3. The molecule has 0 fully saturated rings. The highest BCUT2D eigenvalue weighted by Gasteiger charge is 2.25. The number of halogens is 1. The number of fused-ring (bicyclic) bond motifs is 3. The van der Waals surface area contributed by atoms with Crippen LogP contribution in [0, 0.1) is 0 Å². The van der Waals surface area contributed by atoms with Gasteiger partial charge in [0.05, 0.1) is 23.1 Å². The van der Waals surface area contributed by atoms with Crippen molar-refractivity contribution in [2.45, 2.75) is 25.2 Å². The number of aromatic amines is 1. The number of hydrogen-bond donors (Lipinski definition) is 2. The fourth-order valence-corrected chi connectivity index (χ4v) is 4.52. The van der Waals surface area contributed by atoms with Crippen LogP contribution in [0.25, 0.3) is 11.0 Å². The molecule has 2 aliphatic rings. The number of H-pyrrole nitrogens is 1. The Morgan fingerprint density at radius 3 is 3.00 bits per heavy atom. The van der Waals surface area contributed by atoms with Crippen molar-refractivity contribution >= 4 is 34.4 Å². The molecule has 0 spiro atoms. The Balaban J connectivity index is 1.27. The van der Waals surface area contributed by atoms with Gasteiger partial charge < -0.3 is 19.8 Å². The van der Waals surface area contributed by atoms with E-state index in [0.717, 1.165) is 40.2 Å². The van der Waals surface area contributed by atoms with E-state index < -0.39 is 0 Å². The lowest BCUT2D eigenvalue weighted by molar-refractivity contribution is -0.116. The average molecular weight is 447 g/mol. The Morgan fingerprint density at radius 2 is 2.09 bits per heavy atom. The van der Waals surface area contributed by atoms with Crippen LogP contribution < -0.4 is 14.8 Å². The minimum Gasteiger partial charge on any atom is -0.493 e. The van der Waals surface area contributed by atoms with Crippen LogP contribution in [0.4, 0.5) is 5.82 Å². The first-order valence-electron chi connectivity index (χ1n) is 10.5. The molecule has 6 rings (SSSR count). The van der Waals surface area contributed by atoms with E-state index in [1.54, 1.807) is 6.20 Å². The number of carbonyl (C=O) groups excluding carboxylic acids is 1. The Hall–Kier alpha value is -3.58. The van der Waals surface area contributed by atoms with Crippen LogP contribution in [0.1, 0.15) is 29.3 Å². The number of nitrogens with one attached hydrogen (secondary N) is 2. The topological polar surface area (TPSA) is 89.1 Å². The molecular weight excluding hydrogens is 428 g/mol. The standard InChI is InChI=1S/C24H19ClN4O3/c25-17-2-1-3-18-22(17)29-23(27-18)14-10-13-11-15(4-6-19(13)31-12-14)32-20-8-9-26-24-16(20)5-7-21(30)28-24/h1-4,6,8-9,11,14H,5,7,10,12H2,(H,27,29)(H,26,28,30). The van der Waals surface area contributed by atoms with Crippen molar-refractivity contribution in [3.63, 3.8) is 0 Å². The quantitative estimate of drug-likeness (QED) is 0.462. The van der Waals surface area contributed by atoms with E-state index in [0.29, 0.717) is 41.8 Å². The van der Waals surface area contributed by atoms with Crippen molar-refractivity contribution in [1.29, 1.82) is 0 Å². The molecule has 1 atom stereocenters. The smallest absolute Gasteiger partial charge is 0.225 e. The van der Waals surface area contributed by atoms with Gasteiger partial charge in [0.15, 0.2) is 0 Å². The number of pyridine rings is 1. The molecule has 2 aromatic carbocycles. The number of ether oxygens (including phenoxy) is 2. The highest BCUT2D eigenvalue weighted by atomic mass is 35.5. The minimum absolute atomic E-state index is 0.0222. The van der Waals surface area contributed by atoms with Gasteiger partial charge in [-0.3, -0.25) is 4.79 Å². The van der Waals surface area contributed by atoms with Crippen LogP contribution >= 0.6 is 11.6 Å². The maximum atomic E-state index is 11.7. The van der Waals surface area contributed by atoms with Gasteiger partial charge in [-0.15, -0.1) is 0 Å². The monoisotopic (exact) mass is 446 g/mol. The van der Waals surface area contributed by atoms with Crippen molar-refractivity contribution in [3.8, 4) is 17.2 Å². The van der Waals surface area contributed by atoms with Crippen molar-refractivity contribution in [2.75, 3.05) is 11.9 Å². The van der Waals surface area contributed by atoms with Gasteiger partial charge in [0.25, 0.3) is 0 Å². The van der Waals surface area contributed by atoms with Gasteiger partial charge in [-0.1, -0.05) is 17.7 Å². The predicted molar refractivity (Wildman–Crippen MR) is 121 cm³/mol. The molecule has 8 heteroatoms. The highest BCUT2D eigenvalue weighted by molar-refractivity contribution is 6.34. The SMILES string of the molecule is O=C1CCc2c(Oc3ccc4c(c3)CC(c3nc5c(Cl)cccc5[nH]3)CO4)ccnc2N1. The predicted octanol–water partition coefficient (Wildman–Crippen LogP) is 5.01. The number of anilines is 1. The van der Waals surface area contributed by atoms with Gasteiger partial charge in [-0.2, -0.15) is 0 Å². The van der Waals surface area contributed by atoms with E-state index >= 15 is 0 Å². The maximum Gasteiger partial charge on any atom is 0.225 e. The van der Waals surface area contributed by atoms with Crippen LogP contribution in [0.2, 0.25) is 5.02 Å². The van der Waals surface area contributed by atoms with E-state index in [1.165, 1.54) is 0 Å². The third kappa shape index (κ3) is 3.35. The van der Waals surface area contributed by atoms with E-state index in [9.17, 15) is 4.79 Å². The molecule has 4 heterocycles. The van der Waals surface area contributed by atoms with Crippen molar-refractivity contribution < 1.29 is 14.3 Å². The lowest BCUT2D eigenvalue weighted by Gasteiger charge is -2.25. The largest absolute Gasteiger partial charge is 0.493 e. The first-order valence-corrected chi connectivity index (χ1v) is 10.9. The fraction of sp³-hybridized carbons (Fsp3) is 0.208. The molecule has 7 nitrogen and oxygen atoms in total.